The second-order valence-electron chi connectivity index (χ2n) is 8.14. The van der Waals surface area contributed by atoms with E-state index in [4.69, 9.17) is 4.74 Å². The summed E-state index contributed by atoms with van der Waals surface area (Å²) in [5, 5.41) is 0. The highest BCUT2D eigenvalue weighted by atomic mass is 16.5. The van der Waals surface area contributed by atoms with Crippen molar-refractivity contribution >= 4 is 17.8 Å². The molecule has 2 fully saturated rings. The molecule has 1 aromatic heterocycles. The highest BCUT2D eigenvalue weighted by Crippen LogP contribution is 2.30. The quantitative estimate of drug-likeness (QED) is 0.752. The lowest BCUT2D eigenvalue weighted by atomic mass is 9.92. The molecule has 0 spiro atoms. The molecule has 2 aliphatic heterocycles. The number of imide groups is 1. The van der Waals surface area contributed by atoms with Gasteiger partial charge in [-0.1, -0.05) is 13.8 Å². The van der Waals surface area contributed by atoms with Gasteiger partial charge in [0.15, 0.2) is 0 Å². The number of amides is 4. The normalized spacial score (nSPS) is 21.7. The Labute approximate surface area is 163 Å². The smallest absolute Gasteiger partial charge is 0.327 e. The first-order chi connectivity index (χ1) is 13.1. The minimum absolute atomic E-state index is 0.0304. The van der Waals surface area contributed by atoms with E-state index < -0.39 is 22.9 Å². The fourth-order valence-corrected chi connectivity index (χ4v) is 3.81. The molecular formula is C19H26N4O5. The molecule has 0 bridgehead atoms. The lowest BCUT2D eigenvalue weighted by molar-refractivity contribution is -0.128. The van der Waals surface area contributed by atoms with Crippen LogP contribution in [0, 0.1) is 12.3 Å². The molecule has 0 aromatic carbocycles. The first kappa shape index (κ1) is 20.1. The maximum absolute atomic E-state index is 13.1. The molecule has 1 unspecified atom stereocenters. The minimum Gasteiger partial charge on any atom is -0.383 e. The first-order valence-electron chi connectivity index (χ1n) is 9.25. The Hall–Kier alpha value is -2.68. The van der Waals surface area contributed by atoms with Crippen LogP contribution in [0.1, 0.15) is 29.9 Å². The molecule has 2 aliphatic rings. The van der Waals surface area contributed by atoms with Crippen LogP contribution in [-0.4, -0.2) is 83.5 Å². The maximum atomic E-state index is 13.1. The molecule has 152 valence electrons. The van der Waals surface area contributed by atoms with Crippen molar-refractivity contribution < 1.29 is 19.1 Å². The predicted octanol–water partition coefficient (Wildman–Crippen LogP) is 0.445. The van der Waals surface area contributed by atoms with Gasteiger partial charge < -0.3 is 19.5 Å². The Morgan fingerprint density at radius 1 is 1.25 bits per heavy atom. The summed E-state index contributed by atoms with van der Waals surface area (Å²) in [7, 11) is 1.51. The molecule has 4 amide bonds. The zero-order chi connectivity index (χ0) is 20.6. The van der Waals surface area contributed by atoms with Crippen LogP contribution in [0.5, 0.6) is 0 Å². The van der Waals surface area contributed by atoms with Crippen molar-refractivity contribution in [2.24, 2.45) is 5.41 Å². The van der Waals surface area contributed by atoms with Crippen molar-refractivity contribution in [1.82, 2.24) is 19.7 Å². The van der Waals surface area contributed by atoms with E-state index in [0.717, 1.165) is 0 Å². The summed E-state index contributed by atoms with van der Waals surface area (Å²) in [6.45, 7) is 6.78. The van der Waals surface area contributed by atoms with Crippen molar-refractivity contribution in [3.8, 4) is 0 Å². The molecule has 2 saturated heterocycles. The van der Waals surface area contributed by atoms with Crippen LogP contribution in [0.15, 0.2) is 16.9 Å². The number of hydrogen-bond donors (Lipinski definition) is 1. The largest absolute Gasteiger partial charge is 0.383 e. The van der Waals surface area contributed by atoms with Crippen LogP contribution >= 0.6 is 0 Å². The van der Waals surface area contributed by atoms with Crippen molar-refractivity contribution in [2.75, 3.05) is 39.9 Å². The third-order valence-corrected chi connectivity index (χ3v) is 5.11. The van der Waals surface area contributed by atoms with Crippen LogP contribution in [0.25, 0.3) is 0 Å². The fourth-order valence-electron chi connectivity index (χ4n) is 3.81. The van der Waals surface area contributed by atoms with E-state index in [1.165, 1.54) is 27.9 Å². The molecule has 3 rings (SSSR count). The molecule has 0 aliphatic carbocycles. The van der Waals surface area contributed by atoms with Gasteiger partial charge in [0.05, 0.1) is 19.7 Å². The highest BCUT2D eigenvalue weighted by Gasteiger charge is 2.50. The molecule has 9 heteroatoms. The van der Waals surface area contributed by atoms with E-state index in [1.54, 1.807) is 13.0 Å². The topological polar surface area (TPSA) is 103 Å². The number of H-pyrrole nitrogens is 1. The van der Waals surface area contributed by atoms with Crippen LogP contribution in [0.2, 0.25) is 0 Å². The van der Waals surface area contributed by atoms with E-state index >= 15 is 0 Å². The summed E-state index contributed by atoms with van der Waals surface area (Å²) in [5.74, 6) is -0.776. The number of carbonyl (C=O) groups excluding carboxylic acids is 3. The van der Waals surface area contributed by atoms with Gasteiger partial charge in [-0.2, -0.15) is 0 Å². The number of ether oxygens (including phenoxy) is 1. The minimum atomic E-state index is -0.750. The van der Waals surface area contributed by atoms with Gasteiger partial charge in [0.25, 0.3) is 17.4 Å². The van der Waals surface area contributed by atoms with Gasteiger partial charge in [-0.3, -0.25) is 19.3 Å². The van der Waals surface area contributed by atoms with Gasteiger partial charge >= 0.3 is 6.03 Å². The SMILES string of the molecule is COCCN1C(=O)C2CN(C(=O)c3ccc(C)[nH]c3=O)CC(C)(C)CN2C1=O. The molecule has 1 atom stereocenters. The zero-order valence-electron chi connectivity index (χ0n) is 16.7. The van der Waals surface area contributed by atoms with E-state index in [9.17, 15) is 19.2 Å². The van der Waals surface area contributed by atoms with Crippen molar-refractivity contribution in [2.45, 2.75) is 26.8 Å². The molecule has 9 nitrogen and oxygen atoms in total. The average molecular weight is 390 g/mol. The molecule has 0 saturated carbocycles. The summed E-state index contributed by atoms with van der Waals surface area (Å²) in [6, 6.07) is 2.06. The van der Waals surface area contributed by atoms with Crippen LogP contribution in [-0.2, 0) is 9.53 Å². The average Bonchev–Trinajstić information content (AvgIpc) is 2.75. The molecular weight excluding hydrogens is 364 g/mol. The van der Waals surface area contributed by atoms with Crippen molar-refractivity contribution in [3.63, 3.8) is 0 Å². The third-order valence-electron chi connectivity index (χ3n) is 5.11. The first-order valence-corrected chi connectivity index (χ1v) is 9.25. The lowest BCUT2D eigenvalue weighted by Gasteiger charge is -2.30. The van der Waals surface area contributed by atoms with Gasteiger partial charge in [-0.25, -0.2) is 4.79 Å². The van der Waals surface area contributed by atoms with Crippen LogP contribution in [0.3, 0.4) is 0 Å². The number of carbonyl (C=O) groups is 3. The molecule has 3 heterocycles. The summed E-state index contributed by atoms with van der Waals surface area (Å²) >= 11 is 0. The van der Waals surface area contributed by atoms with Crippen LogP contribution < -0.4 is 5.56 Å². The summed E-state index contributed by atoms with van der Waals surface area (Å²) in [4.78, 5) is 57.7. The molecule has 0 radical (unpaired) electrons. The summed E-state index contributed by atoms with van der Waals surface area (Å²) < 4.78 is 4.99. The predicted molar refractivity (Wildman–Crippen MR) is 101 cm³/mol. The van der Waals surface area contributed by atoms with Gasteiger partial charge in [-0.15, -0.1) is 0 Å². The summed E-state index contributed by atoms with van der Waals surface area (Å²) in [5.41, 5.74) is -0.202. The molecule has 1 aromatic rings. The second kappa shape index (κ2) is 7.38. The van der Waals surface area contributed by atoms with Gasteiger partial charge in [0, 0.05) is 31.3 Å². The van der Waals surface area contributed by atoms with E-state index in [2.05, 4.69) is 4.98 Å². The number of aromatic nitrogens is 1. The van der Waals surface area contributed by atoms with Gasteiger partial charge in [0.1, 0.15) is 11.6 Å². The number of fused-ring (bicyclic) bond motifs is 1. The number of rotatable bonds is 4. The van der Waals surface area contributed by atoms with Crippen molar-refractivity contribution in [1.29, 1.82) is 0 Å². The van der Waals surface area contributed by atoms with E-state index in [1.807, 2.05) is 13.8 Å². The zero-order valence-corrected chi connectivity index (χ0v) is 16.7. The number of nitrogens with zero attached hydrogens (tertiary/aromatic N) is 3. The van der Waals surface area contributed by atoms with Crippen molar-refractivity contribution in [3.05, 3.63) is 33.7 Å². The van der Waals surface area contributed by atoms with E-state index in [0.29, 0.717) is 18.8 Å². The Kier molecular flexibility index (Phi) is 5.29. The number of pyridine rings is 1. The summed E-state index contributed by atoms with van der Waals surface area (Å²) in [6.07, 6.45) is 0. The van der Waals surface area contributed by atoms with Gasteiger partial charge in [0.2, 0.25) is 0 Å². The number of methoxy groups -OCH3 is 1. The Bertz CT molecular complexity index is 862. The Balaban J connectivity index is 1.91. The Morgan fingerprint density at radius 3 is 2.61 bits per heavy atom. The molecule has 28 heavy (non-hydrogen) atoms. The number of urea groups is 1. The van der Waals surface area contributed by atoms with E-state index in [-0.39, 0.29) is 37.2 Å². The fraction of sp³-hybridized carbons (Fsp3) is 0.579. The number of nitrogens with one attached hydrogen (secondary N) is 1. The van der Waals surface area contributed by atoms with Crippen LogP contribution in [0.4, 0.5) is 4.79 Å². The lowest BCUT2D eigenvalue weighted by Crippen LogP contribution is -2.45. The number of aromatic amines is 1. The second-order valence-corrected chi connectivity index (χ2v) is 8.14. The number of aryl methyl sites for hydroxylation is 1. The molecule has 1 N–H and O–H groups in total. The highest BCUT2D eigenvalue weighted by molar-refractivity contribution is 6.05. The number of hydrogen-bond acceptors (Lipinski definition) is 5. The maximum Gasteiger partial charge on any atom is 0.327 e. The third kappa shape index (κ3) is 3.66. The van der Waals surface area contributed by atoms with Gasteiger partial charge in [-0.05, 0) is 19.1 Å². The monoisotopic (exact) mass is 390 g/mol. The standard InChI is InChI=1S/C19H26N4O5/c1-12-5-6-13(15(24)20-12)16(25)21-9-14-17(26)22(7-8-28-4)18(27)23(14)11-19(2,3)10-21/h5-6,14H,7-11H2,1-4H3,(H,20,24). The Morgan fingerprint density at radius 2 is 1.96 bits per heavy atom.